The normalized spacial score (nSPS) is 18.0. The maximum absolute atomic E-state index is 13.1. The molecule has 8 heteroatoms. The molecule has 1 amide bonds. The Kier molecular flexibility index (Phi) is 5.12. The number of alkyl halides is 6. The van der Waals surface area contributed by atoms with Gasteiger partial charge < -0.3 is 4.90 Å². The molecule has 1 aliphatic heterocycles. The van der Waals surface area contributed by atoms with E-state index < -0.39 is 43.2 Å². The summed E-state index contributed by atoms with van der Waals surface area (Å²) in [7, 11) is 0. The molecule has 1 aromatic carbocycles. The van der Waals surface area contributed by atoms with Gasteiger partial charge in [-0.05, 0) is 36.5 Å². The van der Waals surface area contributed by atoms with Crippen LogP contribution >= 0.6 is 0 Å². The lowest BCUT2D eigenvalue weighted by Gasteiger charge is -2.33. The van der Waals surface area contributed by atoms with Crippen molar-refractivity contribution in [2.75, 3.05) is 13.1 Å². The molecule has 0 saturated carbocycles. The highest BCUT2D eigenvalue weighted by Crippen LogP contribution is 2.55. The van der Waals surface area contributed by atoms with Gasteiger partial charge in [0.2, 0.25) is 0 Å². The number of hydrogen-bond acceptors (Lipinski definition) is 1. The number of carbonyl (C=O) groups is 1. The van der Waals surface area contributed by atoms with Crippen LogP contribution in [0.2, 0.25) is 0 Å². The van der Waals surface area contributed by atoms with Gasteiger partial charge in [-0.3, -0.25) is 4.79 Å². The molecule has 1 saturated heterocycles. The van der Waals surface area contributed by atoms with Crippen molar-refractivity contribution in [2.45, 2.75) is 39.0 Å². The minimum absolute atomic E-state index is 0.0904. The molecule has 1 aromatic rings. The van der Waals surface area contributed by atoms with Crippen molar-refractivity contribution in [3.8, 4) is 0 Å². The van der Waals surface area contributed by atoms with Crippen LogP contribution in [0, 0.1) is 11.3 Å². The summed E-state index contributed by atoms with van der Waals surface area (Å²) in [6.07, 6.45) is -11.3. The van der Waals surface area contributed by atoms with E-state index in [1.165, 1.54) is 12.1 Å². The molecule has 2 rings (SSSR count). The molecule has 1 heterocycles. The van der Waals surface area contributed by atoms with Gasteiger partial charge in [0, 0.05) is 18.7 Å². The minimum Gasteiger partial charge on any atom is -0.337 e. The summed E-state index contributed by atoms with van der Waals surface area (Å²) in [6.45, 7) is 2.05. The topological polar surface area (TPSA) is 20.3 Å². The number of carbonyl (C=O) groups excluding carboxylic acids is 1. The lowest BCUT2D eigenvalue weighted by Crippen LogP contribution is -2.52. The molecule has 0 spiro atoms. The Morgan fingerprint density at radius 3 is 2.00 bits per heavy atom. The summed E-state index contributed by atoms with van der Waals surface area (Å²) < 4.78 is 78.4. The van der Waals surface area contributed by atoms with Crippen LogP contribution in [0.5, 0.6) is 0 Å². The SMILES string of the molecule is CC(C)Cc1ccc(C(=O)N2CCC(C(F)(F)F)(C(F)(F)F)C2)cc1. The molecule has 2 nitrogen and oxygen atoms in total. The maximum Gasteiger partial charge on any atom is 0.404 e. The van der Waals surface area contributed by atoms with E-state index in [9.17, 15) is 31.1 Å². The van der Waals surface area contributed by atoms with Crippen LogP contribution in [0.15, 0.2) is 24.3 Å². The first-order chi connectivity index (χ1) is 11.4. The Hall–Kier alpha value is -1.73. The molecule has 0 radical (unpaired) electrons. The second-order valence-electron chi connectivity index (χ2n) is 6.85. The minimum atomic E-state index is -5.46. The summed E-state index contributed by atoms with van der Waals surface area (Å²) in [5.74, 6) is -0.425. The Balaban J connectivity index is 2.19. The summed E-state index contributed by atoms with van der Waals surface area (Å²) in [5.41, 5.74) is -2.81. The first kappa shape index (κ1) is 19.6. The van der Waals surface area contributed by atoms with Gasteiger partial charge in [0.15, 0.2) is 5.41 Å². The quantitative estimate of drug-likeness (QED) is 0.700. The highest BCUT2D eigenvalue weighted by molar-refractivity contribution is 5.94. The summed E-state index contributed by atoms with van der Waals surface area (Å²) in [4.78, 5) is 13.0. The second kappa shape index (κ2) is 6.53. The fourth-order valence-electron chi connectivity index (χ4n) is 3.04. The van der Waals surface area contributed by atoms with Crippen LogP contribution in [0.25, 0.3) is 0 Å². The van der Waals surface area contributed by atoms with Crippen molar-refractivity contribution in [3.05, 3.63) is 35.4 Å². The van der Waals surface area contributed by atoms with E-state index in [0.29, 0.717) is 10.8 Å². The van der Waals surface area contributed by atoms with Crippen molar-refractivity contribution in [2.24, 2.45) is 11.3 Å². The molecule has 0 atom stereocenters. The average Bonchev–Trinajstić information content (AvgIpc) is 2.92. The van der Waals surface area contributed by atoms with E-state index in [1.54, 1.807) is 12.1 Å². The van der Waals surface area contributed by atoms with Crippen molar-refractivity contribution in [3.63, 3.8) is 0 Å². The second-order valence-corrected chi connectivity index (χ2v) is 6.85. The average molecular weight is 367 g/mol. The van der Waals surface area contributed by atoms with Crippen LogP contribution in [0.3, 0.4) is 0 Å². The summed E-state index contributed by atoms with van der Waals surface area (Å²) >= 11 is 0. The van der Waals surface area contributed by atoms with Gasteiger partial charge in [0.1, 0.15) is 0 Å². The van der Waals surface area contributed by atoms with E-state index in [4.69, 9.17) is 0 Å². The van der Waals surface area contributed by atoms with Crippen LogP contribution in [0.4, 0.5) is 26.3 Å². The highest BCUT2D eigenvalue weighted by Gasteiger charge is 2.72. The van der Waals surface area contributed by atoms with Crippen molar-refractivity contribution >= 4 is 5.91 Å². The highest BCUT2D eigenvalue weighted by atomic mass is 19.4. The number of benzene rings is 1. The largest absolute Gasteiger partial charge is 0.404 e. The predicted octanol–water partition coefficient (Wildman–Crippen LogP) is 4.84. The van der Waals surface area contributed by atoms with Gasteiger partial charge in [0.25, 0.3) is 5.91 Å². The fourth-order valence-corrected chi connectivity index (χ4v) is 3.04. The number of nitrogens with zero attached hydrogens (tertiary/aromatic N) is 1. The van der Waals surface area contributed by atoms with E-state index >= 15 is 0 Å². The lowest BCUT2D eigenvalue weighted by atomic mass is 9.85. The van der Waals surface area contributed by atoms with Gasteiger partial charge >= 0.3 is 12.4 Å². The Morgan fingerprint density at radius 1 is 1.08 bits per heavy atom. The summed E-state index contributed by atoms with van der Waals surface area (Å²) in [6, 6.07) is 6.23. The van der Waals surface area contributed by atoms with Crippen molar-refractivity contribution in [1.82, 2.24) is 4.90 Å². The van der Waals surface area contributed by atoms with Crippen molar-refractivity contribution in [1.29, 1.82) is 0 Å². The third-order valence-electron chi connectivity index (χ3n) is 4.49. The fraction of sp³-hybridized carbons (Fsp3) is 0.588. The number of amides is 1. The molecular weight excluding hydrogens is 348 g/mol. The van der Waals surface area contributed by atoms with Crippen LogP contribution in [0.1, 0.15) is 36.2 Å². The number of halogens is 6. The third-order valence-corrected chi connectivity index (χ3v) is 4.49. The Bertz CT molecular complexity index is 604. The molecule has 0 unspecified atom stereocenters. The van der Waals surface area contributed by atoms with Crippen molar-refractivity contribution < 1.29 is 31.1 Å². The van der Waals surface area contributed by atoms with Gasteiger partial charge in [0.05, 0.1) is 0 Å². The van der Waals surface area contributed by atoms with Gasteiger partial charge in [-0.15, -0.1) is 0 Å². The molecule has 0 aliphatic carbocycles. The third kappa shape index (κ3) is 3.77. The van der Waals surface area contributed by atoms with Gasteiger partial charge in [-0.2, -0.15) is 26.3 Å². The monoisotopic (exact) mass is 367 g/mol. The first-order valence-electron chi connectivity index (χ1n) is 7.89. The number of hydrogen-bond donors (Lipinski definition) is 0. The van der Waals surface area contributed by atoms with E-state index in [-0.39, 0.29) is 5.56 Å². The van der Waals surface area contributed by atoms with E-state index in [2.05, 4.69) is 0 Å². The zero-order valence-corrected chi connectivity index (χ0v) is 13.8. The smallest absolute Gasteiger partial charge is 0.337 e. The molecule has 140 valence electrons. The number of likely N-dealkylation sites (tertiary alicyclic amines) is 1. The van der Waals surface area contributed by atoms with Crippen LogP contribution < -0.4 is 0 Å². The van der Waals surface area contributed by atoms with Gasteiger partial charge in [-0.25, -0.2) is 0 Å². The molecule has 25 heavy (non-hydrogen) atoms. The molecule has 0 N–H and O–H groups in total. The van der Waals surface area contributed by atoms with E-state index in [1.807, 2.05) is 13.8 Å². The molecule has 0 bridgehead atoms. The molecule has 1 aliphatic rings. The standard InChI is InChI=1S/C17H19F6NO/c1-11(2)9-12-3-5-13(6-4-12)14(25)24-8-7-15(10-24,16(18,19)20)17(21,22)23/h3-6,11H,7-10H2,1-2H3. The first-order valence-corrected chi connectivity index (χ1v) is 7.89. The zero-order chi connectivity index (χ0) is 19.0. The molecular formula is C17H19F6NO. The zero-order valence-electron chi connectivity index (χ0n) is 13.8. The number of rotatable bonds is 3. The Morgan fingerprint density at radius 2 is 1.60 bits per heavy atom. The summed E-state index contributed by atoms with van der Waals surface area (Å²) in [5, 5.41) is 0. The predicted molar refractivity (Wildman–Crippen MR) is 80.0 cm³/mol. The Labute approximate surface area is 141 Å². The lowest BCUT2D eigenvalue weighted by molar-refractivity contribution is -0.334. The van der Waals surface area contributed by atoms with Gasteiger partial charge in [-0.1, -0.05) is 26.0 Å². The van der Waals surface area contributed by atoms with E-state index in [0.717, 1.165) is 12.0 Å². The maximum atomic E-state index is 13.1. The van der Waals surface area contributed by atoms with Crippen LogP contribution in [-0.4, -0.2) is 36.2 Å². The van der Waals surface area contributed by atoms with Crippen LogP contribution in [-0.2, 0) is 6.42 Å². The molecule has 1 fully saturated rings. The molecule has 0 aromatic heterocycles.